The molecule has 0 aliphatic heterocycles. The summed E-state index contributed by atoms with van der Waals surface area (Å²) in [6.07, 6.45) is 1.56. The van der Waals surface area contributed by atoms with Gasteiger partial charge in [0, 0.05) is 22.7 Å². The Kier molecular flexibility index (Phi) is 5.30. The second-order valence-electron chi connectivity index (χ2n) is 5.06. The first kappa shape index (κ1) is 17.4. The molecule has 0 aliphatic rings. The lowest BCUT2D eigenvalue weighted by Gasteiger charge is -2.08. The zero-order chi connectivity index (χ0) is 17.8. The van der Waals surface area contributed by atoms with E-state index in [-0.39, 0.29) is 5.69 Å². The van der Waals surface area contributed by atoms with E-state index in [1.807, 2.05) is 0 Å². The van der Waals surface area contributed by atoms with Crippen molar-refractivity contribution in [1.29, 1.82) is 0 Å². The fourth-order valence-corrected chi connectivity index (χ4v) is 2.93. The van der Waals surface area contributed by atoms with Gasteiger partial charge in [0.25, 0.3) is 5.69 Å². The number of benzene rings is 2. The molecule has 3 rings (SSSR count). The normalized spacial score (nSPS) is 10.6. The molecule has 0 N–H and O–H groups in total. The van der Waals surface area contributed by atoms with Crippen molar-refractivity contribution in [2.75, 3.05) is 6.61 Å². The lowest BCUT2D eigenvalue weighted by Crippen LogP contribution is -2.09. The molecule has 3 aromatic rings. The molecule has 0 spiro atoms. The van der Waals surface area contributed by atoms with Crippen LogP contribution in [0, 0.1) is 10.1 Å². The van der Waals surface area contributed by atoms with E-state index in [1.165, 1.54) is 12.1 Å². The zero-order valence-corrected chi connectivity index (χ0v) is 15.1. The van der Waals surface area contributed by atoms with Crippen molar-refractivity contribution in [2.24, 2.45) is 0 Å². The number of nitro groups is 1. The summed E-state index contributed by atoms with van der Waals surface area (Å²) in [7, 11) is 0. The second-order valence-corrected chi connectivity index (χ2v) is 6.35. The first-order valence-corrected chi connectivity index (χ1v) is 8.42. The predicted octanol–water partition coefficient (Wildman–Crippen LogP) is 4.35. The van der Waals surface area contributed by atoms with Crippen LogP contribution in [-0.4, -0.2) is 26.3 Å². The van der Waals surface area contributed by atoms with Crippen molar-refractivity contribution in [3.05, 3.63) is 68.4 Å². The van der Waals surface area contributed by atoms with Crippen LogP contribution in [0.1, 0.15) is 0 Å². The highest BCUT2D eigenvalue weighted by Gasteiger charge is 2.10. The maximum Gasteiger partial charge on any atom is 0.270 e. The van der Waals surface area contributed by atoms with E-state index in [9.17, 15) is 10.1 Å². The van der Waals surface area contributed by atoms with Crippen LogP contribution < -0.4 is 4.74 Å². The van der Waals surface area contributed by atoms with Gasteiger partial charge >= 0.3 is 0 Å². The first-order chi connectivity index (χ1) is 12.0. The van der Waals surface area contributed by atoms with Gasteiger partial charge in [-0.2, -0.15) is 5.10 Å². The molecule has 7 nitrogen and oxygen atoms in total. The molecule has 2 aromatic carbocycles. The number of rotatable bonds is 6. The van der Waals surface area contributed by atoms with E-state index in [0.29, 0.717) is 35.3 Å². The number of ether oxygens (including phenoxy) is 1. The maximum atomic E-state index is 10.8. The molecule has 0 aliphatic carbocycles. The largest absolute Gasteiger partial charge is 0.490 e. The number of aromatic nitrogens is 3. The van der Waals surface area contributed by atoms with E-state index in [2.05, 4.69) is 26.0 Å². The number of halogens is 2. The van der Waals surface area contributed by atoms with Crippen LogP contribution in [0.2, 0.25) is 5.02 Å². The Labute approximate surface area is 156 Å². The topological polar surface area (TPSA) is 83.1 Å². The van der Waals surface area contributed by atoms with E-state index < -0.39 is 4.92 Å². The maximum absolute atomic E-state index is 10.8. The monoisotopic (exact) mass is 422 g/mol. The average Bonchev–Trinajstić information content (AvgIpc) is 3.06. The summed E-state index contributed by atoms with van der Waals surface area (Å²) in [4.78, 5) is 14.6. The third kappa shape index (κ3) is 4.34. The van der Waals surface area contributed by atoms with Crippen LogP contribution in [0.5, 0.6) is 5.75 Å². The molecule has 0 bridgehead atoms. The Morgan fingerprint density at radius 2 is 2.12 bits per heavy atom. The molecule has 0 saturated carbocycles. The van der Waals surface area contributed by atoms with E-state index in [4.69, 9.17) is 16.3 Å². The van der Waals surface area contributed by atoms with Gasteiger partial charge < -0.3 is 4.74 Å². The highest BCUT2D eigenvalue weighted by Crippen LogP contribution is 2.28. The molecule has 25 heavy (non-hydrogen) atoms. The van der Waals surface area contributed by atoms with Crippen LogP contribution in [0.15, 0.2) is 53.3 Å². The minimum Gasteiger partial charge on any atom is -0.490 e. The summed E-state index contributed by atoms with van der Waals surface area (Å²) in [6.45, 7) is 0.870. The molecule has 0 radical (unpaired) electrons. The molecule has 1 heterocycles. The standard InChI is InChI=1S/C16H12BrClN4O3/c17-14-9-12(18)4-5-15(14)25-7-6-21-10-19-16(20-21)11-2-1-3-13(8-11)22(23)24/h1-5,8-10H,6-7H2. The van der Waals surface area contributed by atoms with Crippen LogP contribution in [0.4, 0.5) is 5.69 Å². The Morgan fingerprint density at radius 1 is 1.28 bits per heavy atom. The van der Waals surface area contributed by atoms with Gasteiger partial charge in [-0.15, -0.1) is 0 Å². The molecule has 0 amide bonds. The molecule has 0 fully saturated rings. The fraction of sp³-hybridized carbons (Fsp3) is 0.125. The van der Waals surface area contributed by atoms with Gasteiger partial charge in [0.15, 0.2) is 5.82 Å². The SMILES string of the molecule is O=[N+]([O-])c1cccc(-c2ncn(CCOc3ccc(Cl)cc3Br)n2)c1. The molecule has 1 aromatic heterocycles. The van der Waals surface area contributed by atoms with Gasteiger partial charge in [0.1, 0.15) is 18.7 Å². The minimum absolute atomic E-state index is 0.00442. The molecule has 128 valence electrons. The first-order valence-electron chi connectivity index (χ1n) is 7.25. The molecule has 0 atom stereocenters. The van der Waals surface area contributed by atoms with E-state index in [0.717, 1.165) is 4.47 Å². The van der Waals surface area contributed by atoms with Gasteiger partial charge in [0.05, 0.1) is 15.9 Å². The van der Waals surface area contributed by atoms with Crippen molar-refractivity contribution in [3.63, 3.8) is 0 Å². The number of non-ortho nitro benzene ring substituents is 1. The highest BCUT2D eigenvalue weighted by molar-refractivity contribution is 9.10. The minimum atomic E-state index is -0.446. The third-order valence-electron chi connectivity index (χ3n) is 3.32. The Morgan fingerprint density at radius 3 is 2.88 bits per heavy atom. The van der Waals surface area contributed by atoms with Crippen LogP contribution in [-0.2, 0) is 6.54 Å². The lowest BCUT2D eigenvalue weighted by atomic mass is 10.2. The van der Waals surface area contributed by atoms with Crippen LogP contribution in [0.3, 0.4) is 0 Å². The smallest absolute Gasteiger partial charge is 0.270 e. The van der Waals surface area contributed by atoms with Crippen molar-refractivity contribution in [3.8, 4) is 17.1 Å². The highest BCUT2D eigenvalue weighted by atomic mass is 79.9. The van der Waals surface area contributed by atoms with Gasteiger partial charge in [-0.25, -0.2) is 9.67 Å². The summed E-state index contributed by atoms with van der Waals surface area (Å²) in [5, 5.41) is 15.8. The number of nitro benzene ring substituents is 1. The lowest BCUT2D eigenvalue weighted by molar-refractivity contribution is -0.384. The fourth-order valence-electron chi connectivity index (χ4n) is 2.13. The van der Waals surface area contributed by atoms with Gasteiger partial charge in [-0.05, 0) is 34.1 Å². The summed E-state index contributed by atoms with van der Waals surface area (Å²) in [5.74, 6) is 1.11. The number of hydrogen-bond donors (Lipinski definition) is 0. The number of hydrogen-bond acceptors (Lipinski definition) is 5. The predicted molar refractivity (Wildman–Crippen MR) is 96.8 cm³/mol. The van der Waals surface area contributed by atoms with Crippen molar-refractivity contribution in [1.82, 2.24) is 14.8 Å². The van der Waals surface area contributed by atoms with Gasteiger partial charge in [-0.1, -0.05) is 23.7 Å². The summed E-state index contributed by atoms with van der Waals surface area (Å²) in [5.41, 5.74) is 0.596. The summed E-state index contributed by atoms with van der Waals surface area (Å²) >= 11 is 9.28. The van der Waals surface area contributed by atoms with Crippen LogP contribution in [0.25, 0.3) is 11.4 Å². The van der Waals surface area contributed by atoms with E-state index >= 15 is 0 Å². The van der Waals surface area contributed by atoms with Gasteiger partial charge in [-0.3, -0.25) is 10.1 Å². The average molecular weight is 424 g/mol. The molecular formula is C16H12BrClN4O3. The van der Waals surface area contributed by atoms with Crippen LogP contribution >= 0.6 is 27.5 Å². The molecule has 0 unspecified atom stereocenters. The number of nitrogens with zero attached hydrogens (tertiary/aromatic N) is 4. The van der Waals surface area contributed by atoms with E-state index in [1.54, 1.807) is 41.3 Å². The van der Waals surface area contributed by atoms with Crippen molar-refractivity contribution >= 4 is 33.2 Å². The third-order valence-corrected chi connectivity index (χ3v) is 4.18. The molecule has 0 saturated heterocycles. The molecular weight excluding hydrogens is 412 g/mol. The zero-order valence-electron chi connectivity index (χ0n) is 12.8. The second kappa shape index (κ2) is 7.62. The summed E-state index contributed by atoms with van der Waals surface area (Å²) in [6, 6.07) is 11.5. The Bertz CT molecular complexity index is 916. The summed E-state index contributed by atoms with van der Waals surface area (Å²) < 4.78 is 8.07. The van der Waals surface area contributed by atoms with Gasteiger partial charge in [0.2, 0.25) is 0 Å². The Balaban J connectivity index is 1.64. The van der Waals surface area contributed by atoms with Crippen molar-refractivity contribution < 1.29 is 9.66 Å². The van der Waals surface area contributed by atoms with Crippen molar-refractivity contribution in [2.45, 2.75) is 6.54 Å². The quantitative estimate of drug-likeness (QED) is 0.435. The molecule has 9 heteroatoms. The Hall–Kier alpha value is -2.45.